The summed E-state index contributed by atoms with van der Waals surface area (Å²) < 4.78 is 36.4. The highest BCUT2D eigenvalue weighted by Gasteiger charge is 2.30. The molecule has 4 heterocycles. The van der Waals surface area contributed by atoms with Crippen LogP contribution in [0.3, 0.4) is 0 Å². The molecule has 5 rings (SSSR count). The minimum atomic E-state index is -0.680. The van der Waals surface area contributed by atoms with Crippen molar-refractivity contribution in [3.05, 3.63) is 65.4 Å². The molecule has 0 saturated carbocycles. The van der Waals surface area contributed by atoms with Gasteiger partial charge in [0.15, 0.2) is 5.65 Å². The number of nitrogens with zero attached hydrogens (tertiary/aromatic N) is 6. The van der Waals surface area contributed by atoms with E-state index in [2.05, 4.69) is 9.97 Å². The third kappa shape index (κ3) is 5.15. The molecule has 0 bridgehead atoms. The Morgan fingerprint density at radius 3 is 2.56 bits per heavy atom. The lowest BCUT2D eigenvalue weighted by Gasteiger charge is -2.36. The average Bonchev–Trinajstić information content (AvgIpc) is 3.26. The molecule has 3 aromatic heterocycles. The van der Waals surface area contributed by atoms with Crippen molar-refractivity contribution in [2.75, 3.05) is 18.0 Å². The van der Waals surface area contributed by atoms with Crippen LogP contribution in [0.4, 0.5) is 14.7 Å². The Bertz CT molecular complexity index is 1410. The minimum Gasteiger partial charge on any atom is -0.483 e. The summed E-state index contributed by atoms with van der Waals surface area (Å²) in [5.41, 5.74) is 3.66. The fourth-order valence-electron chi connectivity index (χ4n) is 4.14. The molecule has 36 heavy (non-hydrogen) atoms. The zero-order valence-corrected chi connectivity index (χ0v) is 20.3. The highest BCUT2D eigenvalue weighted by atomic mass is 19.1. The van der Waals surface area contributed by atoms with Crippen LogP contribution in [0.2, 0.25) is 0 Å². The van der Waals surface area contributed by atoms with Gasteiger partial charge in [-0.1, -0.05) is 0 Å². The third-order valence-corrected chi connectivity index (χ3v) is 5.90. The lowest BCUT2D eigenvalue weighted by molar-refractivity contribution is -0.122. The van der Waals surface area contributed by atoms with Gasteiger partial charge in [-0.05, 0) is 44.5 Å². The van der Waals surface area contributed by atoms with Gasteiger partial charge >= 0.3 is 0 Å². The number of halogens is 2. The number of anilines is 1. The normalized spacial score (nSPS) is 17.6. The van der Waals surface area contributed by atoms with Crippen molar-refractivity contribution in [2.24, 2.45) is 7.05 Å². The maximum Gasteiger partial charge on any atom is 0.290 e. The fraction of sp³-hybridized carbons (Fsp3) is 0.320. The number of fused-ring (bicyclic) bond motifs is 1. The number of hydrogen-bond donors (Lipinski definition) is 1. The SMILES string of the molecule is Cc1cc2c(-c3ccc(F)cc3F)nc(N3CC(C)OC(c4cn(C)cn4)C3)nc2nc1C.O=CO. The minimum absolute atomic E-state index is 0.0937. The van der Waals surface area contributed by atoms with E-state index in [1.54, 1.807) is 6.33 Å². The second kappa shape index (κ2) is 10.3. The molecule has 1 fully saturated rings. The number of morpholine rings is 1. The van der Waals surface area contributed by atoms with Gasteiger partial charge in [0.1, 0.15) is 17.7 Å². The number of carbonyl (C=O) groups is 1. The van der Waals surface area contributed by atoms with E-state index in [1.165, 1.54) is 12.1 Å². The number of pyridine rings is 1. The Morgan fingerprint density at radius 2 is 1.89 bits per heavy atom. The van der Waals surface area contributed by atoms with Crippen LogP contribution in [0, 0.1) is 25.5 Å². The summed E-state index contributed by atoms with van der Waals surface area (Å²) in [6.07, 6.45) is 3.31. The molecule has 2 atom stereocenters. The van der Waals surface area contributed by atoms with Crippen LogP contribution in [-0.2, 0) is 16.6 Å². The Labute approximate surface area is 206 Å². The van der Waals surface area contributed by atoms with Gasteiger partial charge in [-0.2, -0.15) is 4.98 Å². The predicted molar refractivity (Wildman–Crippen MR) is 130 cm³/mol. The number of ether oxygens (including phenoxy) is 1. The quantitative estimate of drug-likeness (QED) is 0.425. The van der Waals surface area contributed by atoms with E-state index in [9.17, 15) is 8.78 Å². The van der Waals surface area contributed by atoms with Gasteiger partial charge in [0, 0.05) is 42.5 Å². The maximum absolute atomic E-state index is 14.8. The Kier molecular flexibility index (Phi) is 7.20. The lowest BCUT2D eigenvalue weighted by Crippen LogP contribution is -2.43. The molecule has 0 radical (unpaired) electrons. The summed E-state index contributed by atoms with van der Waals surface area (Å²) in [7, 11) is 1.91. The van der Waals surface area contributed by atoms with Gasteiger partial charge in [-0.25, -0.2) is 23.7 Å². The molecular formula is C25H26F2N6O3. The molecule has 1 N–H and O–H groups in total. The highest BCUT2D eigenvalue weighted by molar-refractivity contribution is 5.92. The van der Waals surface area contributed by atoms with Crippen molar-refractivity contribution in [2.45, 2.75) is 33.0 Å². The number of benzene rings is 1. The summed E-state index contributed by atoms with van der Waals surface area (Å²) >= 11 is 0. The molecule has 1 aromatic carbocycles. The van der Waals surface area contributed by atoms with Crippen molar-refractivity contribution >= 4 is 23.5 Å². The molecular weight excluding hydrogens is 470 g/mol. The summed E-state index contributed by atoms with van der Waals surface area (Å²) in [4.78, 5) is 28.9. The molecule has 0 amide bonds. The predicted octanol–water partition coefficient (Wildman–Crippen LogP) is 3.99. The van der Waals surface area contributed by atoms with Crippen LogP contribution in [0.1, 0.15) is 30.0 Å². The molecule has 0 aliphatic carbocycles. The summed E-state index contributed by atoms with van der Waals surface area (Å²) in [6, 6.07) is 5.40. The molecule has 11 heteroatoms. The number of aromatic nitrogens is 5. The average molecular weight is 497 g/mol. The van der Waals surface area contributed by atoms with Crippen LogP contribution in [0.15, 0.2) is 36.8 Å². The van der Waals surface area contributed by atoms with E-state index >= 15 is 0 Å². The monoisotopic (exact) mass is 496 g/mol. The Morgan fingerprint density at radius 1 is 1.14 bits per heavy atom. The zero-order chi connectivity index (χ0) is 26.0. The lowest BCUT2D eigenvalue weighted by atomic mass is 10.1. The highest BCUT2D eigenvalue weighted by Crippen LogP contribution is 2.33. The second-order valence-corrected chi connectivity index (χ2v) is 8.67. The summed E-state index contributed by atoms with van der Waals surface area (Å²) in [5, 5.41) is 7.51. The molecule has 1 aliphatic rings. The van der Waals surface area contributed by atoms with E-state index in [0.29, 0.717) is 35.8 Å². The maximum atomic E-state index is 14.8. The van der Waals surface area contributed by atoms with E-state index in [-0.39, 0.29) is 24.2 Å². The number of aryl methyl sites for hydroxylation is 3. The first-order chi connectivity index (χ1) is 17.2. The van der Waals surface area contributed by atoms with Gasteiger partial charge in [0.25, 0.3) is 6.47 Å². The standard InChI is InChI=1S/C24H24F2N6O.CH2O2/c1-13-7-18-22(17-6-5-16(25)8-19(17)26)29-24(30-23(18)28-15(13)3)32-9-14(2)33-21(11-32)20-10-31(4)12-27-20;2-1-3/h5-8,10,12,14,21H,9,11H2,1-4H3;1H,(H,2,3). The van der Waals surface area contributed by atoms with E-state index < -0.39 is 11.6 Å². The molecule has 1 saturated heterocycles. The first kappa shape index (κ1) is 25.1. The van der Waals surface area contributed by atoms with Crippen LogP contribution >= 0.6 is 0 Å². The van der Waals surface area contributed by atoms with Gasteiger partial charge in [-0.15, -0.1) is 0 Å². The van der Waals surface area contributed by atoms with Crippen LogP contribution < -0.4 is 4.90 Å². The van der Waals surface area contributed by atoms with Gasteiger partial charge in [0.2, 0.25) is 5.95 Å². The molecule has 2 unspecified atom stereocenters. The number of carboxylic acid groups (broad SMARTS) is 1. The van der Waals surface area contributed by atoms with Gasteiger partial charge < -0.3 is 19.3 Å². The van der Waals surface area contributed by atoms with Gasteiger partial charge in [-0.3, -0.25) is 4.79 Å². The third-order valence-electron chi connectivity index (χ3n) is 5.90. The second-order valence-electron chi connectivity index (χ2n) is 8.67. The van der Waals surface area contributed by atoms with Crippen LogP contribution in [-0.4, -0.2) is 55.3 Å². The van der Waals surface area contributed by atoms with E-state index in [1.807, 2.05) is 49.5 Å². The molecule has 4 aromatic rings. The number of rotatable bonds is 3. The van der Waals surface area contributed by atoms with Crippen molar-refractivity contribution in [3.8, 4) is 11.3 Å². The van der Waals surface area contributed by atoms with Crippen molar-refractivity contribution in [1.82, 2.24) is 24.5 Å². The summed E-state index contributed by atoms with van der Waals surface area (Å²) in [6.45, 7) is 6.62. The summed E-state index contributed by atoms with van der Waals surface area (Å²) in [5.74, 6) is -0.894. The molecule has 1 aliphatic heterocycles. The number of hydrogen-bond acceptors (Lipinski definition) is 7. The van der Waals surface area contributed by atoms with Crippen LogP contribution in [0.25, 0.3) is 22.3 Å². The first-order valence-electron chi connectivity index (χ1n) is 11.3. The zero-order valence-electron chi connectivity index (χ0n) is 20.3. The number of imidazole rings is 1. The molecule has 9 nitrogen and oxygen atoms in total. The topological polar surface area (TPSA) is 106 Å². The smallest absolute Gasteiger partial charge is 0.290 e. The largest absolute Gasteiger partial charge is 0.483 e. The van der Waals surface area contributed by atoms with Crippen LogP contribution in [0.5, 0.6) is 0 Å². The van der Waals surface area contributed by atoms with Crippen molar-refractivity contribution in [3.63, 3.8) is 0 Å². The molecule has 188 valence electrons. The Balaban J connectivity index is 0.000000967. The van der Waals surface area contributed by atoms with Gasteiger partial charge in [0.05, 0.1) is 30.4 Å². The van der Waals surface area contributed by atoms with E-state index in [0.717, 1.165) is 23.0 Å². The van der Waals surface area contributed by atoms with E-state index in [4.69, 9.17) is 24.6 Å². The van der Waals surface area contributed by atoms with Crippen molar-refractivity contribution < 1.29 is 23.4 Å². The van der Waals surface area contributed by atoms with Crippen molar-refractivity contribution in [1.29, 1.82) is 0 Å². The fourth-order valence-corrected chi connectivity index (χ4v) is 4.14. The first-order valence-corrected chi connectivity index (χ1v) is 11.3. The Hall–Kier alpha value is -3.99. The molecule has 0 spiro atoms.